The van der Waals surface area contributed by atoms with E-state index in [1.165, 1.54) is 61.2 Å². The smallest absolute Gasteiger partial charge is 0.159 e. The van der Waals surface area contributed by atoms with Gasteiger partial charge in [0.2, 0.25) is 0 Å². The van der Waals surface area contributed by atoms with Crippen molar-refractivity contribution in [3.8, 4) is 44.9 Å². The molecule has 0 amide bonds. The molecule has 0 saturated carbocycles. The van der Waals surface area contributed by atoms with E-state index in [9.17, 15) is 0 Å². The van der Waals surface area contributed by atoms with Gasteiger partial charge in [-0.15, -0.1) is 0 Å². The first-order valence-electron chi connectivity index (χ1n) is 17.0. The first-order valence-corrected chi connectivity index (χ1v) is 17.0. The Balaban J connectivity index is 1.04. The van der Waals surface area contributed by atoms with E-state index in [0.29, 0.717) is 0 Å². The van der Waals surface area contributed by atoms with Gasteiger partial charge in [-0.25, -0.2) is 9.97 Å². The highest BCUT2D eigenvalue weighted by molar-refractivity contribution is 5.85. The van der Waals surface area contributed by atoms with Gasteiger partial charge in [-0.05, 0) is 112 Å². The summed E-state index contributed by atoms with van der Waals surface area (Å²) in [5, 5.41) is 0. The van der Waals surface area contributed by atoms with Gasteiger partial charge in [0.05, 0.1) is 5.69 Å². The maximum atomic E-state index is 5.16. The van der Waals surface area contributed by atoms with Crippen LogP contribution in [0.25, 0.3) is 44.9 Å². The summed E-state index contributed by atoms with van der Waals surface area (Å²) < 4.78 is 0. The standard InChI is InChI=1S/C46H36N2/c1-31-27-35(22-23-38(31)39-16-8-7-13-33(39)20-19-32-11-3-2-4-12-32)45-47-26-25-44(48-45)34-21-24-41-40-17-9-10-18-42(40)46(43(41)28-34)29-36-14-5-6-15-37(36)30-46/h2-18,21-28H,19-20,29-30H2,1H3. The van der Waals surface area contributed by atoms with E-state index < -0.39 is 0 Å². The van der Waals surface area contributed by atoms with Crippen molar-refractivity contribution in [2.75, 3.05) is 0 Å². The Morgan fingerprint density at radius 2 is 1.21 bits per heavy atom. The van der Waals surface area contributed by atoms with Crippen LogP contribution in [0.2, 0.25) is 0 Å². The van der Waals surface area contributed by atoms with E-state index in [1.54, 1.807) is 0 Å². The minimum Gasteiger partial charge on any atom is -0.237 e. The molecule has 48 heavy (non-hydrogen) atoms. The molecular weight excluding hydrogens is 581 g/mol. The fourth-order valence-electron chi connectivity index (χ4n) is 8.30. The molecule has 6 aromatic carbocycles. The van der Waals surface area contributed by atoms with Gasteiger partial charge in [-0.3, -0.25) is 0 Å². The zero-order chi connectivity index (χ0) is 32.1. The summed E-state index contributed by atoms with van der Waals surface area (Å²) in [6, 6.07) is 53.2. The lowest BCUT2D eigenvalue weighted by atomic mass is 9.75. The highest BCUT2D eigenvalue weighted by atomic mass is 14.9. The molecule has 1 aromatic heterocycles. The van der Waals surface area contributed by atoms with Crippen molar-refractivity contribution in [3.63, 3.8) is 0 Å². The number of benzene rings is 6. The first-order chi connectivity index (χ1) is 23.7. The Morgan fingerprint density at radius 3 is 2.02 bits per heavy atom. The van der Waals surface area contributed by atoms with Crippen LogP contribution in [0, 0.1) is 6.92 Å². The predicted octanol–water partition coefficient (Wildman–Crippen LogP) is 10.6. The van der Waals surface area contributed by atoms with Crippen LogP contribution in [0.4, 0.5) is 0 Å². The second kappa shape index (κ2) is 11.6. The number of hydrogen-bond acceptors (Lipinski definition) is 2. The molecule has 2 aliphatic carbocycles. The summed E-state index contributed by atoms with van der Waals surface area (Å²) in [5.74, 6) is 0.756. The van der Waals surface area contributed by atoms with Crippen LogP contribution >= 0.6 is 0 Å². The fraction of sp³-hybridized carbons (Fsp3) is 0.130. The van der Waals surface area contributed by atoms with Gasteiger partial charge in [-0.1, -0.05) is 127 Å². The second-order valence-electron chi connectivity index (χ2n) is 13.4. The minimum absolute atomic E-state index is 0.0359. The van der Waals surface area contributed by atoms with Crippen LogP contribution in [-0.4, -0.2) is 9.97 Å². The Morgan fingerprint density at radius 1 is 0.542 bits per heavy atom. The van der Waals surface area contributed by atoms with Crippen molar-refractivity contribution in [1.29, 1.82) is 0 Å². The Hall–Kier alpha value is -5.60. The lowest BCUT2D eigenvalue weighted by Crippen LogP contribution is -2.25. The molecule has 0 bridgehead atoms. The summed E-state index contributed by atoms with van der Waals surface area (Å²) in [5.41, 5.74) is 18.2. The Labute approximate surface area is 282 Å². The van der Waals surface area contributed by atoms with Gasteiger partial charge in [0, 0.05) is 22.7 Å². The number of nitrogens with zero attached hydrogens (tertiary/aromatic N) is 2. The van der Waals surface area contributed by atoms with Gasteiger partial charge in [0.1, 0.15) is 0 Å². The van der Waals surface area contributed by atoms with Crippen molar-refractivity contribution < 1.29 is 0 Å². The molecule has 0 radical (unpaired) electrons. The number of fused-ring (bicyclic) bond motifs is 6. The zero-order valence-corrected chi connectivity index (χ0v) is 27.2. The zero-order valence-electron chi connectivity index (χ0n) is 27.2. The van der Waals surface area contributed by atoms with Crippen molar-refractivity contribution in [3.05, 3.63) is 191 Å². The summed E-state index contributed by atoms with van der Waals surface area (Å²) in [7, 11) is 0. The van der Waals surface area contributed by atoms with Crippen LogP contribution in [-0.2, 0) is 31.1 Å². The molecule has 2 heteroatoms. The van der Waals surface area contributed by atoms with Gasteiger partial charge in [0.15, 0.2) is 5.82 Å². The Kier molecular flexibility index (Phi) is 6.90. The molecule has 230 valence electrons. The summed E-state index contributed by atoms with van der Waals surface area (Å²) in [6.07, 6.45) is 6.01. The van der Waals surface area contributed by atoms with Gasteiger partial charge < -0.3 is 0 Å². The third-order valence-electron chi connectivity index (χ3n) is 10.6. The van der Waals surface area contributed by atoms with Gasteiger partial charge in [0.25, 0.3) is 0 Å². The van der Waals surface area contributed by atoms with Crippen molar-refractivity contribution in [1.82, 2.24) is 9.97 Å². The molecule has 0 N–H and O–H groups in total. The van der Waals surface area contributed by atoms with Gasteiger partial charge >= 0.3 is 0 Å². The molecule has 0 atom stereocenters. The number of aryl methyl sites for hydroxylation is 3. The van der Waals surface area contributed by atoms with Crippen LogP contribution in [0.3, 0.4) is 0 Å². The SMILES string of the molecule is Cc1cc(-c2nccc(-c3ccc4c(c3)C3(Cc5ccccc5C3)c3ccccc3-4)n2)ccc1-c1ccccc1CCc1ccccc1. The summed E-state index contributed by atoms with van der Waals surface area (Å²) in [4.78, 5) is 9.91. The van der Waals surface area contributed by atoms with E-state index in [0.717, 1.165) is 48.3 Å². The fourth-order valence-corrected chi connectivity index (χ4v) is 8.30. The average molecular weight is 617 g/mol. The monoisotopic (exact) mass is 616 g/mol. The largest absolute Gasteiger partial charge is 0.237 e. The molecule has 2 aliphatic rings. The first kappa shape index (κ1) is 28.6. The normalized spacial score (nSPS) is 13.7. The van der Waals surface area contributed by atoms with Crippen molar-refractivity contribution in [2.24, 2.45) is 0 Å². The molecule has 0 saturated heterocycles. The second-order valence-corrected chi connectivity index (χ2v) is 13.4. The molecule has 0 unspecified atom stereocenters. The summed E-state index contributed by atoms with van der Waals surface area (Å²) >= 11 is 0. The molecule has 1 heterocycles. The van der Waals surface area contributed by atoms with E-state index in [2.05, 4.69) is 146 Å². The number of hydrogen-bond donors (Lipinski definition) is 0. The third-order valence-corrected chi connectivity index (χ3v) is 10.6. The number of aromatic nitrogens is 2. The molecule has 0 fully saturated rings. The molecule has 7 aromatic rings. The van der Waals surface area contributed by atoms with E-state index in [-0.39, 0.29) is 5.41 Å². The van der Waals surface area contributed by atoms with Gasteiger partial charge in [-0.2, -0.15) is 0 Å². The predicted molar refractivity (Wildman–Crippen MR) is 197 cm³/mol. The lowest BCUT2D eigenvalue weighted by Gasteiger charge is -2.27. The van der Waals surface area contributed by atoms with Crippen LogP contribution in [0.5, 0.6) is 0 Å². The van der Waals surface area contributed by atoms with Crippen LogP contribution < -0.4 is 0 Å². The molecule has 9 rings (SSSR count). The maximum Gasteiger partial charge on any atom is 0.159 e. The molecule has 1 spiro atoms. The third kappa shape index (κ3) is 4.79. The van der Waals surface area contributed by atoms with E-state index in [1.807, 2.05) is 12.3 Å². The average Bonchev–Trinajstić information content (AvgIpc) is 3.67. The Bertz CT molecular complexity index is 2290. The lowest BCUT2D eigenvalue weighted by molar-refractivity contribution is 0.564. The summed E-state index contributed by atoms with van der Waals surface area (Å²) in [6.45, 7) is 2.20. The van der Waals surface area contributed by atoms with Crippen molar-refractivity contribution in [2.45, 2.75) is 38.0 Å². The topological polar surface area (TPSA) is 25.8 Å². The molecule has 0 aliphatic heterocycles. The quantitative estimate of drug-likeness (QED) is 0.186. The molecular formula is C46H36N2. The van der Waals surface area contributed by atoms with E-state index >= 15 is 0 Å². The van der Waals surface area contributed by atoms with Crippen LogP contribution in [0.1, 0.15) is 38.9 Å². The highest BCUT2D eigenvalue weighted by Gasteiger charge is 2.47. The number of rotatable bonds is 6. The minimum atomic E-state index is -0.0359. The van der Waals surface area contributed by atoms with Crippen LogP contribution in [0.15, 0.2) is 152 Å². The van der Waals surface area contributed by atoms with E-state index in [4.69, 9.17) is 9.97 Å². The molecule has 2 nitrogen and oxygen atoms in total. The highest BCUT2D eigenvalue weighted by Crippen LogP contribution is 2.55. The maximum absolute atomic E-state index is 5.16. The van der Waals surface area contributed by atoms with Crippen molar-refractivity contribution >= 4 is 0 Å².